The van der Waals surface area contributed by atoms with Crippen LogP contribution in [0.25, 0.3) is 0 Å². The van der Waals surface area contributed by atoms with Crippen LogP contribution in [-0.2, 0) is 11.3 Å². The number of amides is 1. The first-order valence-electron chi connectivity index (χ1n) is 8.15. The molecular weight excluding hydrogens is 340 g/mol. The Morgan fingerprint density at radius 1 is 1.28 bits per heavy atom. The smallest absolute Gasteiger partial charge is 0.255 e. The maximum atomic E-state index is 10.8. The third kappa shape index (κ3) is 4.87. The van der Waals surface area contributed by atoms with Gasteiger partial charge in [0.25, 0.3) is 5.91 Å². The Labute approximate surface area is 152 Å². The van der Waals surface area contributed by atoms with Crippen LogP contribution in [0.1, 0.15) is 11.1 Å². The van der Waals surface area contributed by atoms with Crippen molar-refractivity contribution in [3.63, 3.8) is 0 Å². The summed E-state index contributed by atoms with van der Waals surface area (Å²) in [6.07, 6.45) is 0.218. The van der Waals surface area contributed by atoms with E-state index in [2.05, 4.69) is 17.9 Å². The second kappa shape index (κ2) is 7.76. The van der Waals surface area contributed by atoms with Gasteiger partial charge in [-0.3, -0.25) is 9.69 Å². The molecule has 0 radical (unpaired) electrons. The molecule has 1 fully saturated rings. The SMILES string of the molecule is Cc1cccc(OC2CN(Cc3ccc(OCC(N)=O)c(Cl)c3)C2)c1. The summed E-state index contributed by atoms with van der Waals surface area (Å²) in [6.45, 7) is 4.43. The van der Waals surface area contributed by atoms with E-state index in [9.17, 15) is 4.79 Å². The topological polar surface area (TPSA) is 64.8 Å². The highest BCUT2D eigenvalue weighted by molar-refractivity contribution is 6.32. The molecule has 2 aromatic rings. The predicted molar refractivity (Wildman–Crippen MR) is 97.0 cm³/mol. The lowest BCUT2D eigenvalue weighted by molar-refractivity contribution is -0.119. The van der Waals surface area contributed by atoms with Crippen molar-refractivity contribution in [1.82, 2.24) is 4.90 Å². The molecule has 132 valence electrons. The van der Waals surface area contributed by atoms with Crippen molar-refractivity contribution >= 4 is 17.5 Å². The Morgan fingerprint density at radius 3 is 2.76 bits per heavy atom. The molecule has 1 saturated heterocycles. The summed E-state index contributed by atoms with van der Waals surface area (Å²) in [5.41, 5.74) is 7.35. The van der Waals surface area contributed by atoms with Crippen molar-refractivity contribution < 1.29 is 14.3 Å². The Bertz CT molecular complexity index is 760. The van der Waals surface area contributed by atoms with Gasteiger partial charge in [0.2, 0.25) is 0 Å². The Hall–Kier alpha value is -2.24. The highest BCUT2D eigenvalue weighted by Crippen LogP contribution is 2.27. The number of carbonyl (C=O) groups is 1. The Morgan fingerprint density at radius 2 is 2.08 bits per heavy atom. The van der Waals surface area contributed by atoms with Crippen molar-refractivity contribution in [1.29, 1.82) is 0 Å². The summed E-state index contributed by atoms with van der Waals surface area (Å²) < 4.78 is 11.2. The van der Waals surface area contributed by atoms with Crippen LogP contribution >= 0.6 is 11.6 Å². The lowest BCUT2D eigenvalue weighted by atomic mass is 10.1. The molecule has 25 heavy (non-hydrogen) atoms. The van der Waals surface area contributed by atoms with Gasteiger partial charge in [-0.15, -0.1) is 0 Å². The Kier molecular flexibility index (Phi) is 5.46. The van der Waals surface area contributed by atoms with Gasteiger partial charge in [-0.05, 0) is 42.3 Å². The average molecular weight is 361 g/mol. The van der Waals surface area contributed by atoms with Gasteiger partial charge in [0.05, 0.1) is 5.02 Å². The molecule has 5 nitrogen and oxygen atoms in total. The van der Waals surface area contributed by atoms with E-state index in [0.29, 0.717) is 10.8 Å². The summed E-state index contributed by atoms with van der Waals surface area (Å²) in [6, 6.07) is 13.7. The fourth-order valence-electron chi connectivity index (χ4n) is 2.77. The van der Waals surface area contributed by atoms with E-state index < -0.39 is 5.91 Å². The van der Waals surface area contributed by atoms with Crippen molar-refractivity contribution in [3.8, 4) is 11.5 Å². The number of benzene rings is 2. The molecular formula is C19H21ClN2O3. The number of nitrogens with two attached hydrogens (primary N) is 1. The van der Waals surface area contributed by atoms with Crippen molar-refractivity contribution in [2.75, 3.05) is 19.7 Å². The highest BCUT2D eigenvalue weighted by atomic mass is 35.5. The van der Waals surface area contributed by atoms with Crippen LogP contribution in [0.4, 0.5) is 0 Å². The van der Waals surface area contributed by atoms with E-state index in [0.717, 1.165) is 30.9 Å². The van der Waals surface area contributed by atoms with Gasteiger partial charge in [-0.25, -0.2) is 0 Å². The van der Waals surface area contributed by atoms with Gasteiger partial charge < -0.3 is 15.2 Å². The molecule has 1 aliphatic heterocycles. The molecule has 1 heterocycles. The van der Waals surface area contributed by atoms with Gasteiger partial charge in [-0.2, -0.15) is 0 Å². The zero-order valence-corrected chi connectivity index (χ0v) is 14.8. The third-order valence-electron chi connectivity index (χ3n) is 3.99. The van der Waals surface area contributed by atoms with E-state index in [4.69, 9.17) is 26.8 Å². The van der Waals surface area contributed by atoms with Crippen LogP contribution in [0.3, 0.4) is 0 Å². The summed E-state index contributed by atoms with van der Waals surface area (Å²) in [4.78, 5) is 13.0. The standard InChI is InChI=1S/C19H21ClN2O3/c1-13-3-2-4-15(7-13)25-16-10-22(11-16)9-14-5-6-18(17(20)8-14)24-12-19(21)23/h2-8,16H,9-12H2,1H3,(H2,21,23). The first-order chi connectivity index (χ1) is 12.0. The van der Waals surface area contributed by atoms with Crippen LogP contribution in [-0.4, -0.2) is 36.6 Å². The van der Waals surface area contributed by atoms with E-state index in [1.165, 1.54) is 5.56 Å². The minimum Gasteiger partial charge on any atom is -0.488 e. The molecule has 0 bridgehead atoms. The normalized spacial score (nSPS) is 14.8. The number of likely N-dealkylation sites (tertiary alicyclic amines) is 1. The van der Waals surface area contributed by atoms with Crippen molar-refractivity contribution in [3.05, 3.63) is 58.6 Å². The molecule has 0 saturated carbocycles. The zero-order chi connectivity index (χ0) is 17.8. The number of ether oxygens (including phenoxy) is 2. The predicted octanol–water partition coefficient (Wildman–Crippen LogP) is 2.78. The summed E-state index contributed by atoms with van der Waals surface area (Å²) >= 11 is 6.19. The molecule has 2 N–H and O–H groups in total. The number of hydrogen-bond donors (Lipinski definition) is 1. The van der Waals surface area contributed by atoms with E-state index in [1.807, 2.05) is 30.3 Å². The minimum absolute atomic E-state index is 0.177. The first-order valence-corrected chi connectivity index (χ1v) is 8.52. The molecule has 2 aromatic carbocycles. The first kappa shape index (κ1) is 17.6. The van der Waals surface area contributed by atoms with Gasteiger partial charge in [0.1, 0.15) is 17.6 Å². The fraction of sp³-hybridized carbons (Fsp3) is 0.316. The molecule has 0 unspecified atom stereocenters. The second-order valence-corrected chi connectivity index (χ2v) is 6.68. The van der Waals surface area contributed by atoms with Gasteiger partial charge in [0.15, 0.2) is 6.61 Å². The van der Waals surface area contributed by atoms with Crippen LogP contribution < -0.4 is 15.2 Å². The molecule has 1 aliphatic rings. The zero-order valence-electron chi connectivity index (χ0n) is 14.1. The second-order valence-electron chi connectivity index (χ2n) is 6.27. The number of nitrogens with zero attached hydrogens (tertiary/aromatic N) is 1. The van der Waals surface area contributed by atoms with Crippen LogP contribution in [0, 0.1) is 6.92 Å². The number of rotatable bonds is 7. The number of halogens is 1. The largest absolute Gasteiger partial charge is 0.488 e. The van der Waals surface area contributed by atoms with Crippen LogP contribution in [0.2, 0.25) is 5.02 Å². The summed E-state index contributed by atoms with van der Waals surface area (Å²) in [7, 11) is 0. The maximum Gasteiger partial charge on any atom is 0.255 e. The quantitative estimate of drug-likeness (QED) is 0.824. The highest BCUT2D eigenvalue weighted by Gasteiger charge is 2.28. The molecule has 6 heteroatoms. The van der Waals surface area contributed by atoms with Gasteiger partial charge in [-0.1, -0.05) is 29.8 Å². The van der Waals surface area contributed by atoms with E-state index in [1.54, 1.807) is 6.07 Å². The third-order valence-corrected chi connectivity index (χ3v) is 4.28. The van der Waals surface area contributed by atoms with Gasteiger partial charge >= 0.3 is 0 Å². The minimum atomic E-state index is -0.527. The summed E-state index contributed by atoms with van der Waals surface area (Å²) in [5, 5.41) is 0.479. The van der Waals surface area contributed by atoms with Crippen LogP contribution in [0.15, 0.2) is 42.5 Å². The Balaban J connectivity index is 1.48. The number of hydrogen-bond acceptors (Lipinski definition) is 4. The summed E-state index contributed by atoms with van der Waals surface area (Å²) in [5.74, 6) is 0.859. The molecule has 0 atom stereocenters. The lowest BCUT2D eigenvalue weighted by Gasteiger charge is -2.39. The number of carbonyl (C=O) groups excluding carboxylic acids is 1. The molecule has 3 rings (SSSR count). The lowest BCUT2D eigenvalue weighted by Crippen LogP contribution is -2.53. The molecule has 1 amide bonds. The van der Waals surface area contributed by atoms with E-state index >= 15 is 0 Å². The molecule has 0 aliphatic carbocycles. The van der Waals surface area contributed by atoms with Crippen LogP contribution in [0.5, 0.6) is 11.5 Å². The average Bonchev–Trinajstić information content (AvgIpc) is 2.52. The van der Waals surface area contributed by atoms with Crippen molar-refractivity contribution in [2.24, 2.45) is 5.73 Å². The van der Waals surface area contributed by atoms with Crippen molar-refractivity contribution in [2.45, 2.75) is 19.6 Å². The number of aryl methyl sites for hydroxylation is 1. The van der Waals surface area contributed by atoms with E-state index in [-0.39, 0.29) is 12.7 Å². The monoisotopic (exact) mass is 360 g/mol. The van der Waals surface area contributed by atoms with Gasteiger partial charge in [0, 0.05) is 19.6 Å². The molecule has 0 aromatic heterocycles. The molecule has 0 spiro atoms. The maximum absolute atomic E-state index is 10.8. The number of primary amides is 1. The fourth-order valence-corrected chi connectivity index (χ4v) is 3.03.